The van der Waals surface area contributed by atoms with Gasteiger partial charge >= 0.3 is 0 Å². The van der Waals surface area contributed by atoms with Crippen LogP contribution in [-0.2, 0) is 10.5 Å². The van der Waals surface area contributed by atoms with Gasteiger partial charge in [-0.1, -0.05) is 35.3 Å². The van der Waals surface area contributed by atoms with Gasteiger partial charge in [-0.3, -0.25) is 4.79 Å². The van der Waals surface area contributed by atoms with Crippen LogP contribution in [-0.4, -0.2) is 23.5 Å². The Hall–Kier alpha value is -0.810. The first kappa shape index (κ1) is 19.5. The summed E-state index contributed by atoms with van der Waals surface area (Å²) in [4.78, 5) is 13.1. The van der Waals surface area contributed by atoms with Gasteiger partial charge in [0.2, 0.25) is 5.91 Å². The van der Waals surface area contributed by atoms with Crippen molar-refractivity contribution in [2.75, 3.05) is 12.3 Å². The third kappa shape index (κ3) is 6.98. The number of hydrogen-bond acceptors (Lipinski definition) is 3. The van der Waals surface area contributed by atoms with E-state index >= 15 is 0 Å². The van der Waals surface area contributed by atoms with Gasteiger partial charge in [-0.15, -0.1) is 11.8 Å². The van der Waals surface area contributed by atoms with Crippen molar-refractivity contribution in [1.82, 2.24) is 5.32 Å². The standard InChI is InChI=1S/C18H19Cl2NOS2/c1-13(24-17-7-5-15(19)6-8-17)18(22)21-9-10-23-12-14-3-2-4-16(20)11-14/h2-8,11,13H,9-10,12H2,1H3,(H,21,22)/t13-/m1/s1. The van der Waals surface area contributed by atoms with E-state index < -0.39 is 0 Å². The van der Waals surface area contributed by atoms with Gasteiger partial charge in [0.1, 0.15) is 0 Å². The molecule has 0 spiro atoms. The molecule has 2 aromatic rings. The van der Waals surface area contributed by atoms with Crippen LogP contribution in [0.1, 0.15) is 12.5 Å². The third-order valence-corrected chi connectivity index (χ3v) is 5.83. The molecule has 0 unspecified atom stereocenters. The highest BCUT2D eigenvalue weighted by Gasteiger charge is 2.13. The van der Waals surface area contributed by atoms with Crippen LogP contribution in [0.25, 0.3) is 0 Å². The number of halogens is 2. The van der Waals surface area contributed by atoms with E-state index in [0.717, 1.165) is 21.4 Å². The van der Waals surface area contributed by atoms with Crippen molar-refractivity contribution in [3.63, 3.8) is 0 Å². The molecule has 1 atom stereocenters. The molecule has 1 N–H and O–H groups in total. The van der Waals surface area contributed by atoms with Gasteiger partial charge in [0.15, 0.2) is 0 Å². The van der Waals surface area contributed by atoms with Gasteiger partial charge in [0.05, 0.1) is 5.25 Å². The fourth-order valence-corrected chi connectivity index (χ4v) is 4.01. The molecule has 128 valence electrons. The van der Waals surface area contributed by atoms with Crippen LogP contribution in [0.5, 0.6) is 0 Å². The average Bonchev–Trinajstić information content (AvgIpc) is 2.56. The summed E-state index contributed by atoms with van der Waals surface area (Å²) in [6, 6.07) is 15.4. The molecule has 0 aliphatic carbocycles. The predicted octanol–water partition coefficient (Wildman–Crippen LogP) is 5.52. The number of benzene rings is 2. The molecule has 2 nitrogen and oxygen atoms in total. The van der Waals surface area contributed by atoms with Gasteiger partial charge in [0, 0.05) is 33.0 Å². The lowest BCUT2D eigenvalue weighted by molar-refractivity contribution is -0.120. The second-order valence-corrected chi connectivity index (χ2v) is 8.58. The zero-order chi connectivity index (χ0) is 17.4. The molecule has 0 saturated carbocycles. The number of thioether (sulfide) groups is 2. The van der Waals surface area contributed by atoms with Crippen LogP contribution in [0.3, 0.4) is 0 Å². The highest BCUT2D eigenvalue weighted by molar-refractivity contribution is 8.00. The van der Waals surface area contributed by atoms with Crippen molar-refractivity contribution in [1.29, 1.82) is 0 Å². The molecule has 2 aromatic carbocycles. The van der Waals surface area contributed by atoms with Crippen LogP contribution in [0.4, 0.5) is 0 Å². The van der Waals surface area contributed by atoms with Gasteiger partial charge in [-0.2, -0.15) is 11.8 Å². The van der Waals surface area contributed by atoms with Gasteiger partial charge in [0.25, 0.3) is 0 Å². The Labute approximate surface area is 161 Å². The van der Waals surface area contributed by atoms with E-state index in [1.54, 1.807) is 11.8 Å². The Morgan fingerprint density at radius 3 is 2.58 bits per heavy atom. The predicted molar refractivity (Wildman–Crippen MR) is 107 cm³/mol. The SMILES string of the molecule is C[C@@H](Sc1ccc(Cl)cc1)C(=O)NCCSCc1cccc(Cl)c1. The molecule has 0 fully saturated rings. The molecular weight excluding hydrogens is 381 g/mol. The number of hydrogen-bond donors (Lipinski definition) is 1. The summed E-state index contributed by atoms with van der Waals surface area (Å²) in [6.45, 7) is 2.57. The van der Waals surface area contributed by atoms with Crippen molar-refractivity contribution >= 4 is 52.6 Å². The largest absolute Gasteiger partial charge is 0.354 e. The van der Waals surface area contributed by atoms with E-state index in [9.17, 15) is 4.79 Å². The van der Waals surface area contributed by atoms with Crippen LogP contribution >= 0.6 is 46.7 Å². The molecule has 0 aromatic heterocycles. The average molecular weight is 400 g/mol. The zero-order valence-electron chi connectivity index (χ0n) is 13.3. The van der Waals surface area contributed by atoms with Crippen molar-refractivity contribution in [2.45, 2.75) is 22.8 Å². The Morgan fingerprint density at radius 2 is 1.88 bits per heavy atom. The minimum absolute atomic E-state index is 0.0540. The Morgan fingerprint density at radius 1 is 1.12 bits per heavy atom. The lowest BCUT2D eigenvalue weighted by Crippen LogP contribution is -2.32. The topological polar surface area (TPSA) is 29.1 Å². The van der Waals surface area contributed by atoms with Crippen molar-refractivity contribution in [2.24, 2.45) is 0 Å². The fraction of sp³-hybridized carbons (Fsp3) is 0.278. The molecule has 0 bridgehead atoms. The quantitative estimate of drug-likeness (QED) is 0.467. The van der Waals surface area contributed by atoms with E-state index in [0.29, 0.717) is 11.6 Å². The number of carbonyl (C=O) groups is 1. The highest BCUT2D eigenvalue weighted by atomic mass is 35.5. The summed E-state index contributed by atoms with van der Waals surface area (Å²) >= 11 is 15.1. The second kappa shape index (κ2) is 10.2. The maximum absolute atomic E-state index is 12.1. The first-order valence-corrected chi connectivity index (χ1v) is 10.4. The molecule has 0 heterocycles. The van der Waals surface area contributed by atoms with Crippen molar-refractivity contribution in [3.8, 4) is 0 Å². The van der Waals surface area contributed by atoms with Crippen LogP contribution in [0.15, 0.2) is 53.4 Å². The maximum atomic E-state index is 12.1. The van der Waals surface area contributed by atoms with Crippen LogP contribution in [0, 0.1) is 0 Å². The number of carbonyl (C=O) groups excluding carboxylic acids is 1. The van der Waals surface area contributed by atoms with E-state index in [1.165, 1.54) is 17.3 Å². The highest BCUT2D eigenvalue weighted by Crippen LogP contribution is 2.24. The van der Waals surface area contributed by atoms with Crippen LogP contribution < -0.4 is 5.32 Å². The van der Waals surface area contributed by atoms with Gasteiger partial charge in [-0.25, -0.2) is 0 Å². The van der Waals surface area contributed by atoms with Gasteiger partial charge < -0.3 is 5.32 Å². The third-order valence-electron chi connectivity index (χ3n) is 3.20. The summed E-state index contributed by atoms with van der Waals surface area (Å²) in [7, 11) is 0. The molecule has 0 aliphatic rings. The molecule has 0 aliphatic heterocycles. The second-order valence-electron chi connectivity index (χ2n) is 5.19. The summed E-state index contributed by atoms with van der Waals surface area (Å²) in [6.07, 6.45) is 0. The Bertz CT molecular complexity index is 664. The summed E-state index contributed by atoms with van der Waals surface area (Å²) in [5.41, 5.74) is 1.20. The zero-order valence-corrected chi connectivity index (χ0v) is 16.4. The van der Waals surface area contributed by atoms with Crippen molar-refractivity contribution in [3.05, 3.63) is 64.1 Å². The lowest BCUT2D eigenvalue weighted by Gasteiger charge is -2.12. The minimum Gasteiger partial charge on any atom is -0.354 e. The Kier molecular flexibility index (Phi) is 8.33. The summed E-state index contributed by atoms with van der Waals surface area (Å²) in [5, 5.41) is 4.30. The smallest absolute Gasteiger partial charge is 0.233 e. The van der Waals surface area contributed by atoms with Gasteiger partial charge in [-0.05, 0) is 48.9 Å². The minimum atomic E-state index is -0.135. The molecule has 0 saturated heterocycles. The molecule has 24 heavy (non-hydrogen) atoms. The Balaban J connectivity index is 1.64. The molecule has 2 rings (SSSR count). The number of rotatable bonds is 8. The first-order chi connectivity index (χ1) is 11.5. The summed E-state index contributed by atoms with van der Waals surface area (Å²) < 4.78 is 0. The van der Waals surface area contributed by atoms with E-state index in [-0.39, 0.29) is 11.2 Å². The molecule has 1 amide bonds. The van der Waals surface area contributed by atoms with Crippen molar-refractivity contribution < 1.29 is 4.79 Å². The van der Waals surface area contributed by atoms with E-state index in [1.807, 2.05) is 49.4 Å². The monoisotopic (exact) mass is 399 g/mol. The summed E-state index contributed by atoms with van der Waals surface area (Å²) in [5.74, 6) is 1.82. The maximum Gasteiger partial charge on any atom is 0.233 e. The number of amides is 1. The number of nitrogens with one attached hydrogen (secondary N) is 1. The normalized spacial score (nSPS) is 12.0. The fourth-order valence-electron chi connectivity index (χ4n) is 1.98. The van der Waals surface area contributed by atoms with E-state index in [2.05, 4.69) is 11.4 Å². The molecule has 0 radical (unpaired) electrons. The lowest BCUT2D eigenvalue weighted by atomic mass is 10.2. The van der Waals surface area contributed by atoms with E-state index in [4.69, 9.17) is 23.2 Å². The molecular formula is C18H19Cl2NOS2. The molecule has 6 heteroatoms. The van der Waals surface area contributed by atoms with Crippen LogP contribution in [0.2, 0.25) is 10.0 Å². The first-order valence-electron chi connectivity index (χ1n) is 7.57.